The molecular formula is C16H23FN2O2. The van der Waals surface area contributed by atoms with Gasteiger partial charge in [0.2, 0.25) is 5.91 Å². The van der Waals surface area contributed by atoms with Crippen molar-refractivity contribution in [1.29, 1.82) is 0 Å². The zero-order chi connectivity index (χ0) is 15.6. The third-order valence-corrected chi connectivity index (χ3v) is 4.55. The minimum absolute atomic E-state index is 0.0775. The van der Waals surface area contributed by atoms with Gasteiger partial charge >= 0.3 is 0 Å². The summed E-state index contributed by atoms with van der Waals surface area (Å²) in [5.74, 6) is 0.132. The molecule has 116 valence electrons. The number of amides is 1. The minimum Gasteiger partial charge on any atom is -0.496 e. The van der Waals surface area contributed by atoms with Crippen LogP contribution in [0.1, 0.15) is 44.7 Å². The number of hydrogen-bond acceptors (Lipinski definition) is 3. The van der Waals surface area contributed by atoms with Gasteiger partial charge in [-0.3, -0.25) is 4.79 Å². The van der Waals surface area contributed by atoms with Gasteiger partial charge in [0.15, 0.2) is 0 Å². The van der Waals surface area contributed by atoms with E-state index in [-0.39, 0.29) is 23.8 Å². The molecule has 21 heavy (non-hydrogen) atoms. The van der Waals surface area contributed by atoms with E-state index in [4.69, 9.17) is 10.5 Å². The predicted octanol–water partition coefficient (Wildman–Crippen LogP) is 2.53. The second-order valence-electron chi connectivity index (χ2n) is 6.00. The highest BCUT2D eigenvalue weighted by Gasteiger charge is 2.43. The average Bonchev–Trinajstić information content (AvgIpc) is 2.79. The van der Waals surface area contributed by atoms with Crippen LogP contribution in [-0.2, 0) is 4.79 Å². The Bertz CT molecular complexity index is 535. The summed E-state index contributed by atoms with van der Waals surface area (Å²) in [4.78, 5) is 12.5. The standard InChI is InChI=1S/C16H23FN2O2/c1-10(12-9-11(17)6-7-13(12)21-3)19-15(20)16(2)8-4-5-14(16)18/h6-7,9-10,14H,4-5,8,18H2,1-3H3,(H,19,20). The Balaban J connectivity index is 2.16. The van der Waals surface area contributed by atoms with Crippen LogP contribution < -0.4 is 15.8 Å². The van der Waals surface area contributed by atoms with E-state index < -0.39 is 5.41 Å². The van der Waals surface area contributed by atoms with Gasteiger partial charge in [-0.25, -0.2) is 4.39 Å². The number of carbonyl (C=O) groups is 1. The van der Waals surface area contributed by atoms with Crippen LogP contribution >= 0.6 is 0 Å². The van der Waals surface area contributed by atoms with Crippen molar-refractivity contribution in [1.82, 2.24) is 5.32 Å². The van der Waals surface area contributed by atoms with Crippen molar-refractivity contribution in [3.05, 3.63) is 29.6 Å². The summed E-state index contributed by atoms with van der Waals surface area (Å²) >= 11 is 0. The fourth-order valence-electron chi connectivity index (χ4n) is 2.96. The van der Waals surface area contributed by atoms with Crippen LogP contribution in [0.5, 0.6) is 5.75 Å². The molecule has 0 aliphatic heterocycles. The van der Waals surface area contributed by atoms with E-state index in [9.17, 15) is 9.18 Å². The molecule has 0 heterocycles. The molecular weight excluding hydrogens is 271 g/mol. The number of nitrogens with one attached hydrogen (secondary N) is 1. The normalized spacial score (nSPS) is 26.4. The summed E-state index contributed by atoms with van der Waals surface area (Å²) < 4.78 is 18.7. The first-order chi connectivity index (χ1) is 9.88. The Hall–Kier alpha value is -1.62. The zero-order valence-electron chi connectivity index (χ0n) is 12.8. The molecule has 3 atom stereocenters. The highest BCUT2D eigenvalue weighted by Crippen LogP contribution is 2.37. The molecule has 1 aliphatic carbocycles. The number of hydrogen-bond donors (Lipinski definition) is 2. The Kier molecular flexibility index (Phi) is 4.52. The zero-order valence-corrected chi connectivity index (χ0v) is 12.8. The summed E-state index contributed by atoms with van der Waals surface area (Å²) in [6, 6.07) is 3.83. The summed E-state index contributed by atoms with van der Waals surface area (Å²) in [5.41, 5.74) is 6.14. The molecule has 4 nitrogen and oxygen atoms in total. The van der Waals surface area contributed by atoms with Gasteiger partial charge in [-0.05, 0) is 44.9 Å². The first kappa shape index (κ1) is 15.8. The molecule has 3 N–H and O–H groups in total. The summed E-state index contributed by atoms with van der Waals surface area (Å²) in [6.07, 6.45) is 2.61. The number of rotatable bonds is 4. The van der Waals surface area contributed by atoms with Crippen molar-refractivity contribution in [2.75, 3.05) is 7.11 Å². The van der Waals surface area contributed by atoms with E-state index in [2.05, 4.69) is 5.32 Å². The quantitative estimate of drug-likeness (QED) is 0.897. The Labute approximate surface area is 124 Å². The van der Waals surface area contributed by atoms with Crippen molar-refractivity contribution in [3.63, 3.8) is 0 Å². The third-order valence-electron chi connectivity index (χ3n) is 4.55. The van der Waals surface area contributed by atoms with Gasteiger partial charge in [-0.1, -0.05) is 6.42 Å². The number of nitrogens with two attached hydrogens (primary N) is 1. The molecule has 0 radical (unpaired) electrons. The number of benzene rings is 1. The summed E-state index contributed by atoms with van der Waals surface area (Å²) in [5, 5.41) is 2.95. The average molecular weight is 294 g/mol. The van der Waals surface area contributed by atoms with E-state index in [1.807, 2.05) is 13.8 Å². The van der Waals surface area contributed by atoms with Gasteiger partial charge in [0.1, 0.15) is 11.6 Å². The molecule has 1 fully saturated rings. The van der Waals surface area contributed by atoms with Crippen LogP contribution in [0.3, 0.4) is 0 Å². The molecule has 2 rings (SSSR count). The topological polar surface area (TPSA) is 64.3 Å². The highest BCUT2D eigenvalue weighted by atomic mass is 19.1. The lowest BCUT2D eigenvalue weighted by Crippen LogP contribution is -2.47. The monoisotopic (exact) mass is 294 g/mol. The maximum Gasteiger partial charge on any atom is 0.227 e. The first-order valence-electron chi connectivity index (χ1n) is 7.28. The van der Waals surface area contributed by atoms with E-state index in [0.29, 0.717) is 11.3 Å². The molecule has 5 heteroatoms. The largest absolute Gasteiger partial charge is 0.496 e. The van der Waals surface area contributed by atoms with E-state index in [1.165, 1.54) is 19.2 Å². The fraction of sp³-hybridized carbons (Fsp3) is 0.562. The van der Waals surface area contributed by atoms with Crippen molar-refractivity contribution in [2.24, 2.45) is 11.1 Å². The number of halogens is 1. The predicted molar refractivity (Wildman–Crippen MR) is 79.4 cm³/mol. The maximum atomic E-state index is 13.4. The van der Waals surface area contributed by atoms with Crippen molar-refractivity contribution in [2.45, 2.75) is 45.2 Å². The van der Waals surface area contributed by atoms with Crippen LogP contribution in [0.2, 0.25) is 0 Å². The molecule has 1 aromatic rings. The molecule has 1 saturated carbocycles. The minimum atomic E-state index is -0.547. The molecule has 3 unspecified atom stereocenters. The summed E-state index contributed by atoms with van der Waals surface area (Å²) in [6.45, 7) is 3.72. The molecule has 0 spiro atoms. The second kappa shape index (κ2) is 6.02. The Morgan fingerprint density at radius 2 is 2.29 bits per heavy atom. The lowest BCUT2D eigenvalue weighted by Gasteiger charge is -2.29. The molecule has 1 aliphatic rings. The van der Waals surface area contributed by atoms with Gasteiger partial charge in [0.25, 0.3) is 0 Å². The smallest absolute Gasteiger partial charge is 0.227 e. The number of ether oxygens (including phenoxy) is 1. The third kappa shape index (κ3) is 3.02. The first-order valence-corrected chi connectivity index (χ1v) is 7.28. The molecule has 0 aromatic heterocycles. The molecule has 1 aromatic carbocycles. The van der Waals surface area contributed by atoms with Crippen molar-refractivity contribution >= 4 is 5.91 Å². The van der Waals surface area contributed by atoms with Crippen LogP contribution in [0.25, 0.3) is 0 Å². The lowest BCUT2D eigenvalue weighted by atomic mass is 9.84. The fourth-order valence-corrected chi connectivity index (χ4v) is 2.96. The Morgan fingerprint density at radius 3 is 2.86 bits per heavy atom. The van der Waals surface area contributed by atoms with Crippen LogP contribution in [-0.4, -0.2) is 19.1 Å². The highest BCUT2D eigenvalue weighted by molar-refractivity contribution is 5.83. The Morgan fingerprint density at radius 1 is 1.57 bits per heavy atom. The van der Waals surface area contributed by atoms with Gasteiger partial charge in [0, 0.05) is 11.6 Å². The van der Waals surface area contributed by atoms with Crippen LogP contribution in [0, 0.1) is 11.2 Å². The van der Waals surface area contributed by atoms with Gasteiger partial charge in [0.05, 0.1) is 18.6 Å². The molecule has 0 saturated heterocycles. The van der Waals surface area contributed by atoms with E-state index in [1.54, 1.807) is 6.07 Å². The lowest BCUT2D eigenvalue weighted by molar-refractivity contribution is -0.131. The number of carbonyl (C=O) groups excluding carboxylic acids is 1. The van der Waals surface area contributed by atoms with Gasteiger partial charge in [-0.2, -0.15) is 0 Å². The van der Waals surface area contributed by atoms with E-state index >= 15 is 0 Å². The maximum absolute atomic E-state index is 13.4. The number of methoxy groups -OCH3 is 1. The van der Waals surface area contributed by atoms with Crippen LogP contribution in [0.4, 0.5) is 4.39 Å². The molecule has 0 bridgehead atoms. The van der Waals surface area contributed by atoms with Gasteiger partial charge < -0.3 is 15.8 Å². The van der Waals surface area contributed by atoms with Crippen molar-refractivity contribution < 1.29 is 13.9 Å². The second-order valence-corrected chi connectivity index (χ2v) is 6.00. The molecule has 1 amide bonds. The van der Waals surface area contributed by atoms with Crippen LogP contribution in [0.15, 0.2) is 18.2 Å². The van der Waals surface area contributed by atoms with Gasteiger partial charge in [-0.15, -0.1) is 0 Å². The SMILES string of the molecule is COc1ccc(F)cc1C(C)NC(=O)C1(C)CCCC1N. The summed E-state index contributed by atoms with van der Waals surface area (Å²) in [7, 11) is 1.53. The van der Waals surface area contributed by atoms with E-state index in [0.717, 1.165) is 19.3 Å². The van der Waals surface area contributed by atoms with Crippen molar-refractivity contribution in [3.8, 4) is 5.75 Å².